The van der Waals surface area contributed by atoms with Crippen LogP contribution in [0.4, 0.5) is 0 Å². The molecule has 0 bridgehead atoms. The van der Waals surface area contributed by atoms with Gasteiger partial charge in [-0.3, -0.25) is 9.59 Å². The third-order valence-corrected chi connectivity index (χ3v) is 5.45. The summed E-state index contributed by atoms with van der Waals surface area (Å²) in [6.07, 6.45) is 7.84. The fourth-order valence-electron chi connectivity index (χ4n) is 3.18. The Bertz CT molecular complexity index is 748. The van der Waals surface area contributed by atoms with Crippen LogP contribution in [0, 0.1) is 5.92 Å². The van der Waals surface area contributed by atoms with Gasteiger partial charge in [0.05, 0.1) is 0 Å². The molecule has 0 radical (unpaired) electrons. The van der Waals surface area contributed by atoms with Gasteiger partial charge < -0.3 is 10.6 Å². The summed E-state index contributed by atoms with van der Waals surface area (Å²) in [6, 6.07) is 12.8. The molecule has 1 aromatic carbocycles. The van der Waals surface area contributed by atoms with E-state index in [0.717, 1.165) is 4.88 Å². The molecule has 1 fully saturated rings. The zero-order valence-electron chi connectivity index (χ0n) is 14.7. The van der Waals surface area contributed by atoms with Crippen LogP contribution in [0.15, 0.2) is 53.5 Å². The fraction of sp³-hybridized carbons (Fsp3) is 0.333. The van der Waals surface area contributed by atoms with Crippen molar-refractivity contribution in [1.29, 1.82) is 0 Å². The molecule has 4 nitrogen and oxygen atoms in total. The maximum absolute atomic E-state index is 12.7. The molecule has 3 rings (SSSR count). The standard InChI is InChI=1S/C21H24N2O2S/c24-20(17-10-5-2-6-11-17)23-19(14-18-12-7-13-26-18)21(25)22-15-16-8-3-1-4-9-16/h2,5-7,10-14,16H,1,3-4,8-9,15H2,(H,22,25)(H,23,24)/b19-14-. The number of carbonyl (C=O) groups excluding carboxylic acids is 2. The van der Waals surface area contributed by atoms with Gasteiger partial charge in [0, 0.05) is 17.0 Å². The quantitative estimate of drug-likeness (QED) is 0.750. The van der Waals surface area contributed by atoms with Crippen LogP contribution in [-0.4, -0.2) is 18.4 Å². The average Bonchev–Trinajstić information content (AvgIpc) is 3.20. The first-order valence-corrected chi connectivity index (χ1v) is 10.00. The van der Waals surface area contributed by atoms with Crippen LogP contribution in [0.5, 0.6) is 0 Å². The van der Waals surface area contributed by atoms with E-state index >= 15 is 0 Å². The average molecular weight is 369 g/mol. The number of thiophene rings is 1. The van der Waals surface area contributed by atoms with Gasteiger partial charge in [0.15, 0.2) is 0 Å². The minimum atomic E-state index is -0.277. The van der Waals surface area contributed by atoms with Crippen LogP contribution >= 0.6 is 11.3 Å². The second-order valence-corrected chi connectivity index (χ2v) is 7.59. The Kier molecular flexibility index (Phi) is 6.61. The van der Waals surface area contributed by atoms with Crippen molar-refractivity contribution in [3.05, 3.63) is 64.0 Å². The van der Waals surface area contributed by atoms with E-state index in [1.54, 1.807) is 30.3 Å². The lowest BCUT2D eigenvalue weighted by atomic mass is 9.89. The monoisotopic (exact) mass is 368 g/mol. The molecular weight excluding hydrogens is 344 g/mol. The molecule has 0 aliphatic heterocycles. The van der Waals surface area contributed by atoms with Crippen LogP contribution in [0.3, 0.4) is 0 Å². The molecule has 0 unspecified atom stereocenters. The number of nitrogens with one attached hydrogen (secondary N) is 2. The normalized spacial score (nSPS) is 15.5. The van der Waals surface area contributed by atoms with Crippen LogP contribution < -0.4 is 10.6 Å². The highest BCUT2D eigenvalue weighted by molar-refractivity contribution is 7.10. The second kappa shape index (κ2) is 9.34. The van der Waals surface area contributed by atoms with Gasteiger partial charge >= 0.3 is 0 Å². The molecule has 1 aliphatic rings. The smallest absolute Gasteiger partial charge is 0.267 e. The van der Waals surface area contributed by atoms with Crippen molar-refractivity contribution in [2.24, 2.45) is 5.92 Å². The van der Waals surface area contributed by atoms with Crippen LogP contribution in [0.1, 0.15) is 47.3 Å². The number of amides is 2. The predicted octanol–water partition coefficient (Wildman–Crippen LogP) is 4.22. The minimum Gasteiger partial charge on any atom is -0.350 e. The molecule has 1 heterocycles. The van der Waals surface area contributed by atoms with Gasteiger partial charge in [0.25, 0.3) is 11.8 Å². The number of hydrogen-bond acceptors (Lipinski definition) is 3. The summed E-state index contributed by atoms with van der Waals surface area (Å²) >= 11 is 1.53. The molecule has 2 aromatic rings. The number of hydrogen-bond donors (Lipinski definition) is 2. The summed E-state index contributed by atoms with van der Waals surface area (Å²) in [5.41, 5.74) is 0.821. The first-order chi connectivity index (χ1) is 12.7. The first kappa shape index (κ1) is 18.4. The fourth-order valence-corrected chi connectivity index (χ4v) is 3.84. The Morgan fingerprint density at radius 1 is 1.04 bits per heavy atom. The summed E-state index contributed by atoms with van der Waals surface area (Å²) in [4.78, 5) is 26.1. The molecular formula is C21H24N2O2S. The van der Waals surface area contributed by atoms with E-state index in [9.17, 15) is 9.59 Å². The third-order valence-electron chi connectivity index (χ3n) is 4.63. The maximum Gasteiger partial charge on any atom is 0.267 e. The number of rotatable bonds is 6. The Balaban J connectivity index is 1.68. The molecule has 2 N–H and O–H groups in total. The van der Waals surface area contributed by atoms with E-state index in [1.807, 2.05) is 23.6 Å². The van der Waals surface area contributed by atoms with E-state index in [2.05, 4.69) is 10.6 Å². The first-order valence-electron chi connectivity index (χ1n) is 9.12. The molecule has 2 amide bonds. The van der Waals surface area contributed by atoms with Crippen molar-refractivity contribution in [1.82, 2.24) is 10.6 Å². The molecule has 1 saturated carbocycles. The molecule has 0 spiro atoms. The Morgan fingerprint density at radius 3 is 2.50 bits per heavy atom. The highest BCUT2D eigenvalue weighted by Crippen LogP contribution is 2.23. The van der Waals surface area contributed by atoms with Crippen molar-refractivity contribution < 1.29 is 9.59 Å². The van der Waals surface area contributed by atoms with Crippen LogP contribution in [-0.2, 0) is 4.79 Å². The Morgan fingerprint density at radius 2 is 1.81 bits per heavy atom. The van der Waals surface area contributed by atoms with Gasteiger partial charge in [-0.25, -0.2) is 0 Å². The molecule has 1 aliphatic carbocycles. The molecule has 1 aromatic heterocycles. The topological polar surface area (TPSA) is 58.2 Å². The van der Waals surface area contributed by atoms with E-state index in [1.165, 1.54) is 43.4 Å². The minimum absolute atomic E-state index is 0.228. The molecule has 136 valence electrons. The molecule has 0 atom stereocenters. The van der Waals surface area contributed by atoms with Gasteiger partial charge in [-0.2, -0.15) is 0 Å². The molecule has 26 heavy (non-hydrogen) atoms. The highest BCUT2D eigenvalue weighted by Gasteiger charge is 2.18. The lowest BCUT2D eigenvalue weighted by Gasteiger charge is -2.22. The van der Waals surface area contributed by atoms with E-state index in [4.69, 9.17) is 0 Å². The van der Waals surface area contributed by atoms with E-state index in [-0.39, 0.29) is 17.5 Å². The van der Waals surface area contributed by atoms with Crippen molar-refractivity contribution in [3.8, 4) is 0 Å². The second-order valence-electron chi connectivity index (χ2n) is 6.61. The van der Waals surface area contributed by atoms with E-state index < -0.39 is 0 Å². The summed E-state index contributed by atoms with van der Waals surface area (Å²) in [5, 5.41) is 7.73. The SMILES string of the molecule is O=C(NCC1CCCCC1)/C(=C/c1cccs1)NC(=O)c1ccccc1. The van der Waals surface area contributed by atoms with Gasteiger partial charge in [-0.05, 0) is 48.4 Å². The lowest BCUT2D eigenvalue weighted by molar-refractivity contribution is -0.117. The van der Waals surface area contributed by atoms with Gasteiger partial charge in [0.2, 0.25) is 0 Å². The predicted molar refractivity (Wildman–Crippen MR) is 106 cm³/mol. The number of benzene rings is 1. The lowest BCUT2D eigenvalue weighted by Crippen LogP contribution is -2.37. The zero-order chi connectivity index (χ0) is 18.2. The number of carbonyl (C=O) groups is 2. The highest BCUT2D eigenvalue weighted by atomic mass is 32.1. The van der Waals surface area contributed by atoms with Gasteiger partial charge in [-0.15, -0.1) is 11.3 Å². The maximum atomic E-state index is 12.7. The van der Waals surface area contributed by atoms with E-state index in [0.29, 0.717) is 18.0 Å². The zero-order valence-corrected chi connectivity index (χ0v) is 15.6. The summed E-state index contributed by atoms with van der Waals surface area (Å²) in [6.45, 7) is 0.668. The summed E-state index contributed by atoms with van der Waals surface area (Å²) in [5.74, 6) is 0.0370. The van der Waals surface area contributed by atoms with Gasteiger partial charge in [-0.1, -0.05) is 43.5 Å². The van der Waals surface area contributed by atoms with Crippen LogP contribution in [0.25, 0.3) is 6.08 Å². The van der Waals surface area contributed by atoms with Crippen molar-refractivity contribution in [2.75, 3.05) is 6.54 Å². The van der Waals surface area contributed by atoms with Crippen LogP contribution in [0.2, 0.25) is 0 Å². The molecule has 0 saturated heterocycles. The van der Waals surface area contributed by atoms with Crippen molar-refractivity contribution in [3.63, 3.8) is 0 Å². The molecule has 5 heteroatoms. The Labute approximate surface area is 158 Å². The Hall–Kier alpha value is -2.40. The largest absolute Gasteiger partial charge is 0.350 e. The van der Waals surface area contributed by atoms with Crippen molar-refractivity contribution >= 4 is 29.2 Å². The summed E-state index contributed by atoms with van der Waals surface area (Å²) < 4.78 is 0. The third kappa shape index (κ3) is 5.30. The summed E-state index contributed by atoms with van der Waals surface area (Å²) in [7, 11) is 0. The van der Waals surface area contributed by atoms with Gasteiger partial charge in [0.1, 0.15) is 5.70 Å². The van der Waals surface area contributed by atoms with Crippen molar-refractivity contribution in [2.45, 2.75) is 32.1 Å².